The van der Waals surface area contributed by atoms with Crippen LogP contribution in [-0.4, -0.2) is 37.7 Å². The third-order valence-corrected chi connectivity index (χ3v) is 4.64. The van der Waals surface area contributed by atoms with Gasteiger partial charge in [0.2, 0.25) is 0 Å². The zero-order valence-electron chi connectivity index (χ0n) is 14.9. The number of amides is 2. The summed E-state index contributed by atoms with van der Waals surface area (Å²) in [6.45, 7) is 2.43. The van der Waals surface area contributed by atoms with Gasteiger partial charge in [0.05, 0.1) is 18.8 Å². The van der Waals surface area contributed by atoms with Crippen molar-refractivity contribution in [2.24, 2.45) is 0 Å². The van der Waals surface area contributed by atoms with Crippen LogP contribution in [-0.2, 0) is 0 Å². The van der Waals surface area contributed by atoms with E-state index in [-0.39, 0.29) is 11.7 Å². The van der Waals surface area contributed by atoms with Crippen molar-refractivity contribution in [2.45, 2.75) is 18.9 Å². The van der Waals surface area contributed by atoms with E-state index in [1.807, 2.05) is 24.3 Å². The van der Waals surface area contributed by atoms with Crippen LogP contribution in [0.3, 0.4) is 0 Å². The Hall–Kier alpha value is -2.60. The number of halogens is 1. The average Bonchev–Trinajstić information content (AvgIpc) is 3.18. The van der Waals surface area contributed by atoms with Gasteiger partial charge in [0.15, 0.2) is 0 Å². The van der Waals surface area contributed by atoms with Gasteiger partial charge in [-0.15, -0.1) is 0 Å². The number of benzene rings is 2. The van der Waals surface area contributed by atoms with E-state index in [9.17, 15) is 9.18 Å². The number of anilines is 1. The van der Waals surface area contributed by atoms with E-state index >= 15 is 0 Å². The Morgan fingerprint density at radius 1 is 1.19 bits per heavy atom. The molecular weight excluding hydrogens is 333 g/mol. The number of hydrogen-bond acceptors (Lipinski definition) is 3. The maximum absolute atomic E-state index is 13.7. The molecule has 0 spiro atoms. The topological polar surface area (TPSA) is 53.6 Å². The first-order valence-electron chi connectivity index (χ1n) is 8.85. The minimum absolute atomic E-state index is 0.0546. The molecule has 0 aliphatic carbocycles. The highest BCUT2D eigenvalue weighted by molar-refractivity contribution is 5.89. The summed E-state index contributed by atoms with van der Waals surface area (Å²) in [5, 5.41) is 5.43. The second kappa shape index (κ2) is 8.67. The number of carbonyl (C=O) groups is 1. The molecule has 2 aromatic carbocycles. The number of ether oxygens (including phenoxy) is 1. The van der Waals surface area contributed by atoms with Gasteiger partial charge in [0.25, 0.3) is 0 Å². The normalized spacial score (nSPS) is 15.5. The fraction of sp³-hybridized carbons (Fsp3) is 0.350. The lowest BCUT2D eigenvalue weighted by molar-refractivity contribution is 0.227. The first kappa shape index (κ1) is 18.2. The van der Waals surface area contributed by atoms with Crippen LogP contribution in [0, 0.1) is 5.82 Å². The fourth-order valence-electron chi connectivity index (χ4n) is 3.28. The second-order valence-corrected chi connectivity index (χ2v) is 6.35. The van der Waals surface area contributed by atoms with E-state index in [0.29, 0.717) is 6.54 Å². The predicted octanol–water partition coefficient (Wildman–Crippen LogP) is 3.79. The average molecular weight is 357 g/mol. The quantitative estimate of drug-likeness (QED) is 0.827. The predicted molar refractivity (Wildman–Crippen MR) is 100.0 cm³/mol. The molecule has 0 saturated carbocycles. The van der Waals surface area contributed by atoms with Crippen LogP contribution in [0.2, 0.25) is 0 Å². The van der Waals surface area contributed by atoms with Crippen molar-refractivity contribution in [3.63, 3.8) is 0 Å². The molecule has 1 fully saturated rings. The molecule has 26 heavy (non-hydrogen) atoms. The molecular formula is C20H24FN3O2. The van der Waals surface area contributed by atoms with Gasteiger partial charge in [0, 0.05) is 6.54 Å². The molecule has 0 radical (unpaired) electrons. The third-order valence-electron chi connectivity index (χ3n) is 4.64. The number of hydrogen-bond donors (Lipinski definition) is 2. The molecule has 0 unspecified atom stereocenters. The van der Waals surface area contributed by atoms with Crippen molar-refractivity contribution >= 4 is 11.7 Å². The van der Waals surface area contributed by atoms with Crippen molar-refractivity contribution in [1.82, 2.24) is 10.2 Å². The lowest BCUT2D eigenvalue weighted by Crippen LogP contribution is -2.38. The summed E-state index contributed by atoms with van der Waals surface area (Å²) in [5.41, 5.74) is 1.27. The highest BCUT2D eigenvalue weighted by Gasteiger charge is 2.24. The largest absolute Gasteiger partial charge is 0.497 e. The number of methoxy groups -OCH3 is 1. The summed E-state index contributed by atoms with van der Waals surface area (Å²) >= 11 is 0. The summed E-state index contributed by atoms with van der Waals surface area (Å²) in [6.07, 6.45) is 2.31. The summed E-state index contributed by atoms with van der Waals surface area (Å²) in [7, 11) is 1.64. The fourth-order valence-corrected chi connectivity index (χ4v) is 3.28. The molecule has 0 aromatic heterocycles. The number of rotatable bonds is 6. The van der Waals surface area contributed by atoms with E-state index in [0.717, 1.165) is 37.2 Å². The van der Waals surface area contributed by atoms with E-state index < -0.39 is 11.8 Å². The molecule has 1 heterocycles. The third kappa shape index (κ3) is 4.52. The summed E-state index contributed by atoms with van der Waals surface area (Å²) in [5.74, 6) is 0.342. The van der Waals surface area contributed by atoms with Gasteiger partial charge < -0.3 is 15.4 Å². The number of nitrogens with zero attached hydrogens (tertiary/aromatic N) is 1. The molecule has 138 valence electrons. The number of nitrogens with one attached hydrogen (secondary N) is 2. The molecule has 1 aliphatic rings. The Labute approximate surface area is 153 Å². The van der Waals surface area contributed by atoms with Gasteiger partial charge >= 0.3 is 6.03 Å². The van der Waals surface area contributed by atoms with Crippen LogP contribution in [0.1, 0.15) is 24.4 Å². The molecule has 1 aliphatic heterocycles. The zero-order valence-corrected chi connectivity index (χ0v) is 14.9. The molecule has 1 saturated heterocycles. The van der Waals surface area contributed by atoms with Crippen LogP contribution in [0.25, 0.3) is 0 Å². The highest BCUT2D eigenvalue weighted by Crippen LogP contribution is 2.27. The lowest BCUT2D eigenvalue weighted by atomic mass is 10.1. The molecule has 5 nitrogen and oxygen atoms in total. The van der Waals surface area contributed by atoms with Gasteiger partial charge in [0.1, 0.15) is 11.6 Å². The monoisotopic (exact) mass is 357 g/mol. The van der Waals surface area contributed by atoms with Crippen LogP contribution in [0.15, 0.2) is 48.5 Å². The number of carbonyl (C=O) groups excluding carboxylic acids is 1. The van der Waals surface area contributed by atoms with Crippen molar-refractivity contribution in [1.29, 1.82) is 0 Å². The van der Waals surface area contributed by atoms with Gasteiger partial charge in [-0.3, -0.25) is 4.90 Å². The Morgan fingerprint density at radius 2 is 1.96 bits per heavy atom. The first-order chi connectivity index (χ1) is 12.7. The van der Waals surface area contributed by atoms with Gasteiger partial charge in [-0.05, 0) is 55.8 Å². The number of urea groups is 1. The molecule has 1 atom stereocenters. The van der Waals surface area contributed by atoms with Crippen LogP contribution in [0.4, 0.5) is 14.9 Å². The van der Waals surface area contributed by atoms with E-state index in [1.165, 1.54) is 12.1 Å². The minimum Gasteiger partial charge on any atom is -0.497 e. The highest BCUT2D eigenvalue weighted by atomic mass is 19.1. The van der Waals surface area contributed by atoms with Crippen molar-refractivity contribution < 1.29 is 13.9 Å². The smallest absolute Gasteiger partial charge is 0.319 e. The van der Waals surface area contributed by atoms with Gasteiger partial charge in [-0.25, -0.2) is 9.18 Å². The van der Waals surface area contributed by atoms with Crippen molar-refractivity contribution in [3.8, 4) is 5.75 Å². The molecule has 2 aromatic rings. The van der Waals surface area contributed by atoms with Crippen molar-refractivity contribution in [3.05, 3.63) is 59.9 Å². The minimum atomic E-state index is -0.452. The first-order valence-corrected chi connectivity index (χ1v) is 8.85. The Balaban J connectivity index is 1.67. The summed E-state index contributed by atoms with van der Waals surface area (Å²) < 4.78 is 19.0. The molecule has 2 amide bonds. The SMILES string of the molecule is COc1cccc([C@H](CNC(=O)Nc2ccccc2F)N2CCCC2)c1. The Bertz CT molecular complexity index is 747. The van der Waals surface area contributed by atoms with E-state index in [2.05, 4.69) is 15.5 Å². The number of likely N-dealkylation sites (tertiary alicyclic amines) is 1. The van der Waals surface area contributed by atoms with Crippen molar-refractivity contribution in [2.75, 3.05) is 32.1 Å². The Morgan fingerprint density at radius 3 is 2.69 bits per heavy atom. The maximum Gasteiger partial charge on any atom is 0.319 e. The van der Waals surface area contributed by atoms with Crippen LogP contribution in [0.5, 0.6) is 5.75 Å². The summed E-state index contributed by atoms with van der Waals surface area (Å²) in [4.78, 5) is 14.6. The lowest BCUT2D eigenvalue weighted by Gasteiger charge is -2.28. The van der Waals surface area contributed by atoms with Gasteiger partial charge in [-0.2, -0.15) is 0 Å². The van der Waals surface area contributed by atoms with Gasteiger partial charge in [-0.1, -0.05) is 24.3 Å². The summed E-state index contributed by atoms with van der Waals surface area (Å²) in [6, 6.07) is 13.7. The van der Waals surface area contributed by atoms with E-state index in [4.69, 9.17) is 4.74 Å². The van der Waals surface area contributed by atoms with E-state index in [1.54, 1.807) is 19.2 Å². The van der Waals surface area contributed by atoms with Crippen LogP contribution >= 0.6 is 0 Å². The molecule has 6 heteroatoms. The zero-order chi connectivity index (χ0) is 18.4. The second-order valence-electron chi connectivity index (χ2n) is 6.35. The molecule has 3 rings (SSSR count). The number of para-hydroxylation sites is 1. The Kier molecular flexibility index (Phi) is 6.07. The standard InChI is InChI=1S/C20H24FN3O2/c1-26-16-8-6-7-15(13-16)19(24-11-4-5-12-24)14-22-20(25)23-18-10-3-2-9-17(18)21/h2-3,6-10,13,19H,4-5,11-12,14H2,1H3,(H2,22,23,25)/t19-/m0/s1. The maximum atomic E-state index is 13.7. The molecule has 0 bridgehead atoms. The molecule has 2 N–H and O–H groups in total. The van der Waals surface area contributed by atoms with Crippen LogP contribution < -0.4 is 15.4 Å².